The molecule has 0 aliphatic heterocycles. The van der Waals surface area contributed by atoms with Gasteiger partial charge < -0.3 is 0 Å². The van der Waals surface area contributed by atoms with Crippen LogP contribution in [0.2, 0.25) is 0 Å². The first-order valence-corrected chi connectivity index (χ1v) is 6.49. The molecule has 0 bridgehead atoms. The first-order valence-electron chi connectivity index (χ1n) is 6.49. The third-order valence-electron chi connectivity index (χ3n) is 2.98. The topological polar surface area (TPSA) is 67.6 Å². The molecule has 0 atom stereocenters. The van der Waals surface area contributed by atoms with E-state index in [1.807, 2.05) is 36.4 Å². The van der Waals surface area contributed by atoms with Gasteiger partial charge in [0.05, 0.1) is 11.2 Å². The second-order valence-electron chi connectivity index (χ2n) is 4.44. The Kier molecular flexibility index (Phi) is 3.73. The van der Waals surface area contributed by atoms with E-state index in [9.17, 15) is 4.79 Å². The summed E-state index contributed by atoms with van der Waals surface area (Å²) in [5, 5.41) is 8.68. The van der Waals surface area contributed by atoms with E-state index in [0.29, 0.717) is 5.56 Å². The highest BCUT2D eigenvalue weighted by Gasteiger charge is 2.02. The molecule has 0 saturated carbocycles. The van der Waals surface area contributed by atoms with Crippen LogP contribution in [0.25, 0.3) is 10.9 Å². The van der Waals surface area contributed by atoms with Gasteiger partial charge in [-0.1, -0.05) is 24.3 Å². The van der Waals surface area contributed by atoms with Crippen molar-refractivity contribution >= 4 is 16.8 Å². The Balaban J connectivity index is 1.71. The number of hydrogen-bond donors (Lipinski definition) is 0. The highest BCUT2D eigenvalue weighted by molar-refractivity contribution is 5.94. The van der Waals surface area contributed by atoms with Crippen molar-refractivity contribution in [3.8, 4) is 0 Å². The van der Waals surface area contributed by atoms with Crippen molar-refractivity contribution in [2.45, 2.75) is 6.54 Å². The number of carbonyl (C=O) groups is 1. The number of amides is 1. The molecule has 102 valence electrons. The predicted molar refractivity (Wildman–Crippen MR) is 78.9 cm³/mol. The van der Waals surface area contributed by atoms with Crippen LogP contribution in [-0.4, -0.2) is 15.9 Å². The summed E-state index contributed by atoms with van der Waals surface area (Å²) in [6.45, 7) is 0.279. The van der Waals surface area contributed by atoms with Crippen LogP contribution in [0.15, 0.2) is 71.2 Å². The van der Waals surface area contributed by atoms with Gasteiger partial charge in [0, 0.05) is 23.3 Å². The fourth-order valence-corrected chi connectivity index (χ4v) is 1.92. The van der Waals surface area contributed by atoms with Crippen LogP contribution in [0.5, 0.6) is 0 Å². The molecule has 3 aromatic rings. The average molecular weight is 276 g/mol. The molecule has 5 heteroatoms. The monoisotopic (exact) mass is 276 g/mol. The average Bonchev–Trinajstić information content (AvgIpc) is 2.55. The normalized spacial score (nSPS) is 11.0. The summed E-state index contributed by atoms with van der Waals surface area (Å²) in [4.78, 5) is 20.1. The smallest absolute Gasteiger partial charge is 0.265 e. The van der Waals surface area contributed by atoms with Gasteiger partial charge in [0.25, 0.3) is 5.91 Å². The maximum atomic E-state index is 11.7. The van der Waals surface area contributed by atoms with E-state index in [2.05, 4.69) is 20.2 Å². The standard InChI is InChI=1S/C16H12N4O/c21-16(13-7-9-17-10-8-13)20-18-11-14-6-5-12-3-1-2-4-15(12)19-14/h1-10H,11H2. The minimum absolute atomic E-state index is 0.279. The Bertz CT molecular complexity index is 799. The Hall–Kier alpha value is -2.95. The van der Waals surface area contributed by atoms with Gasteiger partial charge in [-0.15, -0.1) is 5.11 Å². The molecule has 1 aromatic carbocycles. The lowest BCUT2D eigenvalue weighted by molar-refractivity contribution is 0.0993. The van der Waals surface area contributed by atoms with E-state index in [-0.39, 0.29) is 12.5 Å². The van der Waals surface area contributed by atoms with E-state index in [1.165, 1.54) is 0 Å². The molecule has 2 aromatic heterocycles. The van der Waals surface area contributed by atoms with Gasteiger partial charge >= 0.3 is 0 Å². The maximum Gasteiger partial charge on any atom is 0.295 e. The lowest BCUT2D eigenvalue weighted by Crippen LogP contribution is -1.94. The number of para-hydroxylation sites is 1. The molecule has 3 rings (SSSR count). The third kappa shape index (κ3) is 3.14. The molecule has 1 amide bonds. The second-order valence-corrected chi connectivity index (χ2v) is 4.44. The molecule has 0 fully saturated rings. The van der Waals surface area contributed by atoms with Gasteiger partial charge in [0.15, 0.2) is 0 Å². The van der Waals surface area contributed by atoms with Crippen LogP contribution in [0.1, 0.15) is 16.1 Å². The number of benzene rings is 1. The zero-order chi connectivity index (χ0) is 14.5. The van der Waals surface area contributed by atoms with E-state index in [4.69, 9.17) is 0 Å². The first-order chi connectivity index (χ1) is 10.3. The SMILES string of the molecule is O=C(N=NCc1ccc2ccccc2n1)c1ccncc1. The van der Waals surface area contributed by atoms with Crippen molar-refractivity contribution in [2.75, 3.05) is 0 Å². The first kappa shape index (κ1) is 13.1. The van der Waals surface area contributed by atoms with E-state index in [0.717, 1.165) is 16.6 Å². The molecule has 5 nitrogen and oxygen atoms in total. The van der Waals surface area contributed by atoms with Crippen LogP contribution in [0.3, 0.4) is 0 Å². The summed E-state index contributed by atoms with van der Waals surface area (Å²) < 4.78 is 0. The van der Waals surface area contributed by atoms with Crippen molar-refractivity contribution in [2.24, 2.45) is 10.2 Å². The van der Waals surface area contributed by atoms with Gasteiger partial charge in [0.2, 0.25) is 0 Å². The van der Waals surface area contributed by atoms with Crippen LogP contribution >= 0.6 is 0 Å². The minimum atomic E-state index is -0.377. The lowest BCUT2D eigenvalue weighted by Gasteiger charge is -1.99. The van der Waals surface area contributed by atoms with Gasteiger partial charge in [0.1, 0.15) is 6.54 Å². The van der Waals surface area contributed by atoms with Gasteiger partial charge in [-0.3, -0.25) is 14.8 Å². The number of rotatable bonds is 3. The zero-order valence-corrected chi connectivity index (χ0v) is 11.2. The van der Waals surface area contributed by atoms with Crippen LogP contribution < -0.4 is 0 Å². The van der Waals surface area contributed by atoms with Crippen LogP contribution in [0, 0.1) is 0 Å². The second kappa shape index (κ2) is 6.00. The number of fused-ring (bicyclic) bond motifs is 1. The fourth-order valence-electron chi connectivity index (χ4n) is 1.92. The highest BCUT2D eigenvalue weighted by atomic mass is 16.1. The quantitative estimate of drug-likeness (QED) is 0.688. The summed E-state index contributed by atoms with van der Waals surface area (Å²) >= 11 is 0. The maximum absolute atomic E-state index is 11.7. The summed E-state index contributed by atoms with van der Waals surface area (Å²) in [6.07, 6.45) is 3.10. The van der Waals surface area contributed by atoms with Gasteiger partial charge in [-0.25, -0.2) is 0 Å². The predicted octanol–water partition coefficient (Wildman–Crippen LogP) is 3.42. The largest absolute Gasteiger partial charge is 0.295 e. The van der Waals surface area contributed by atoms with Crippen LogP contribution in [0.4, 0.5) is 0 Å². The minimum Gasteiger partial charge on any atom is -0.265 e. The number of hydrogen-bond acceptors (Lipinski definition) is 4. The molecule has 21 heavy (non-hydrogen) atoms. The molecule has 0 spiro atoms. The summed E-state index contributed by atoms with van der Waals surface area (Å²) in [5.74, 6) is -0.377. The van der Waals surface area contributed by atoms with Gasteiger partial charge in [-0.05, 0) is 24.3 Å². The Labute approximate surface area is 121 Å². The highest BCUT2D eigenvalue weighted by Crippen LogP contribution is 2.12. The zero-order valence-electron chi connectivity index (χ0n) is 11.2. The molecule has 0 unspecified atom stereocenters. The number of carbonyl (C=O) groups excluding carboxylic acids is 1. The van der Waals surface area contributed by atoms with Crippen molar-refractivity contribution in [1.29, 1.82) is 0 Å². The molecular formula is C16H12N4O. The summed E-state index contributed by atoms with van der Waals surface area (Å²) in [5.41, 5.74) is 2.16. The van der Waals surface area contributed by atoms with E-state index >= 15 is 0 Å². The molecule has 0 radical (unpaired) electrons. The third-order valence-corrected chi connectivity index (χ3v) is 2.98. The van der Waals surface area contributed by atoms with E-state index in [1.54, 1.807) is 24.5 Å². The van der Waals surface area contributed by atoms with Crippen molar-refractivity contribution in [3.63, 3.8) is 0 Å². The lowest BCUT2D eigenvalue weighted by atomic mass is 10.2. The number of nitrogens with zero attached hydrogens (tertiary/aromatic N) is 4. The Morgan fingerprint density at radius 1 is 1.00 bits per heavy atom. The fraction of sp³-hybridized carbons (Fsp3) is 0.0625. The molecule has 0 aliphatic rings. The number of pyridine rings is 2. The molecule has 0 N–H and O–H groups in total. The molecule has 0 saturated heterocycles. The Morgan fingerprint density at radius 2 is 1.81 bits per heavy atom. The van der Waals surface area contributed by atoms with Crippen LogP contribution in [-0.2, 0) is 6.54 Å². The van der Waals surface area contributed by atoms with Gasteiger partial charge in [-0.2, -0.15) is 5.11 Å². The van der Waals surface area contributed by atoms with E-state index < -0.39 is 0 Å². The van der Waals surface area contributed by atoms with Crippen molar-refractivity contribution in [1.82, 2.24) is 9.97 Å². The molecule has 0 aliphatic carbocycles. The van der Waals surface area contributed by atoms with Crippen molar-refractivity contribution < 1.29 is 4.79 Å². The number of aromatic nitrogens is 2. The summed E-state index contributed by atoms with van der Waals surface area (Å²) in [7, 11) is 0. The summed E-state index contributed by atoms with van der Waals surface area (Å²) in [6, 6.07) is 14.9. The number of azo groups is 1. The van der Waals surface area contributed by atoms with Crippen molar-refractivity contribution in [3.05, 3.63) is 72.2 Å². The molecular weight excluding hydrogens is 264 g/mol. The Morgan fingerprint density at radius 3 is 2.67 bits per heavy atom. The molecule has 2 heterocycles.